The highest BCUT2D eigenvalue weighted by molar-refractivity contribution is 6.15. The summed E-state index contributed by atoms with van der Waals surface area (Å²) in [6.07, 6.45) is 2.21. The SMILES string of the molecule is COc1cc2c(cc1OC)C1CC(OC(C)=O)CCC1N=C2c1ccc(OC(C)=O)cc1. The quantitative estimate of drug-likeness (QED) is 0.518. The number of benzene rings is 2. The lowest BCUT2D eigenvalue weighted by Crippen LogP contribution is -2.36. The van der Waals surface area contributed by atoms with Crippen LogP contribution in [-0.2, 0) is 14.3 Å². The first-order valence-corrected chi connectivity index (χ1v) is 10.7. The summed E-state index contributed by atoms with van der Waals surface area (Å²) in [4.78, 5) is 27.9. The van der Waals surface area contributed by atoms with Crippen molar-refractivity contribution < 1.29 is 28.5 Å². The van der Waals surface area contributed by atoms with Crippen LogP contribution in [0.2, 0.25) is 0 Å². The molecule has 2 aromatic carbocycles. The van der Waals surface area contributed by atoms with E-state index in [0.717, 1.165) is 41.7 Å². The first kappa shape index (κ1) is 21.9. The molecular formula is C25H27NO6. The number of carbonyl (C=O) groups excluding carboxylic acids is 2. The molecule has 2 aliphatic rings. The van der Waals surface area contributed by atoms with E-state index in [-0.39, 0.29) is 30.0 Å². The Hall–Kier alpha value is -3.35. The molecule has 0 radical (unpaired) electrons. The first-order valence-electron chi connectivity index (χ1n) is 10.7. The normalized spacial score (nSPS) is 21.5. The van der Waals surface area contributed by atoms with Gasteiger partial charge in [-0.05, 0) is 61.2 Å². The third kappa shape index (κ3) is 4.33. The molecule has 1 saturated carbocycles. The van der Waals surface area contributed by atoms with Gasteiger partial charge in [-0.1, -0.05) is 0 Å². The summed E-state index contributed by atoms with van der Waals surface area (Å²) in [6, 6.07) is 11.4. The van der Waals surface area contributed by atoms with E-state index in [1.54, 1.807) is 26.4 Å². The standard InChI is InChI=1S/C25H27NO6/c1-14(27)31-17-7-5-16(6-8-17)25-21-13-24(30-4)23(29-3)12-19(21)20-11-18(32-15(2)28)9-10-22(20)26-25/h5-8,12-13,18,20,22H,9-11H2,1-4H3. The molecule has 1 aliphatic heterocycles. The lowest BCUT2D eigenvalue weighted by atomic mass is 9.74. The van der Waals surface area contributed by atoms with Crippen LogP contribution in [0.3, 0.4) is 0 Å². The molecule has 1 aliphatic carbocycles. The number of aliphatic imine (C=N–C) groups is 1. The van der Waals surface area contributed by atoms with Gasteiger partial charge in [-0.3, -0.25) is 14.6 Å². The predicted octanol–water partition coefficient (Wildman–Crippen LogP) is 4.05. The van der Waals surface area contributed by atoms with Crippen LogP contribution in [0.25, 0.3) is 0 Å². The van der Waals surface area contributed by atoms with Gasteiger partial charge in [-0.15, -0.1) is 0 Å². The fourth-order valence-electron chi connectivity index (χ4n) is 4.67. The Labute approximate surface area is 187 Å². The number of fused-ring (bicyclic) bond motifs is 3. The Kier molecular flexibility index (Phi) is 6.17. The maximum absolute atomic E-state index is 11.5. The minimum Gasteiger partial charge on any atom is -0.493 e. The van der Waals surface area contributed by atoms with Gasteiger partial charge in [0.15, 0.2) is 11.5 Å². The van der Waals surface area contributed by atoms with Gasteiger partial charge in [0, 0.05) is 30.9 Å². The van der Waals surface area contributed by atoms with Gasteiger partial charge < -0.3 is 18.9 Å². The van der Waals surface area contributed by atoms with Crippen LogP contribution in [0.1, 0.15) is 55.7 Å². The van der Waals surface area contributed by atoms with E-state index < -0.39 is 0 Å². The highest BCUT2D eigenvalue weighted by atomic mass is 16.5. The molecule has 3 atom stereocenters. The van der Waals surface area contributed by atoms with Crippen LogP contribution < -0.4 is 14.2 Å². The zero-order valence-electron chi connectivity index (χ0n) is 18.7. The highest BCUT2D eigenvalue weighted by Gasteiger charge is 2.38. The summed E-state index contributed by atoms with van der Waals surface area (Å²) >= 11 is 0. The minimum atomic E-state index is -0.359. The number of esters is 2. The van der Waals surface area contributed by atoms with E-state index in [0.29, 0.717) is 17.2 Å². The van der Waals surface area contributed by atoms with Gasteiger partial charge in [0.05, 0.1) is 26.0 Å². The Morgan fingerprint density at radius 2 is 1.62 bits per heavy atom. The van der Waals surface area contributed by atoms with Crippen molar-refractivity contribution in [2.24, 2.45) is 4.99 Å². The summed E-state index contributed by atoms with van der Waals surface area (Å²) in [5.74, 6) is 1.28. The number of ether oxygens (including phenoxy) is 4. The van der Waals surface area contributed by atoms with Crippen molar-refractivity contribution >= 4 is 17.7 Å². The molecule has 0 aromatic heterocycles. The Balaban J connectivity index is 1.77. The molecule has 0 N–H and O–H groups in total. The molecule has 168 valence electrons. The third-order valence-electron chi connectivity index (χ3n) is 5.99. The van der Waals surface area contributed by atoms with Gasteiger partial charge in [-0.25, -0.2) is 0 Å². The molecule has 0 saturated heterocycles. The maximum Gasteiger partial charge on any atom is 0.308 e. The van der Waals surface area contributed by atoms with Gasteiger partial charge in [0.25, 0.3) is 0 Å². The average molecular weight is 437 g/mol. The number of nitrogens with zero attached hydrogens (tertiary/aromatic N) is 1. The molecule has 0 amide bonds. The van der Waals surface area contributed by atoms with E-state index in [2.05, 4.69) is 0 Å². The molecule has 1 fully saturated rings. The van der Waals surface area contributed by atoms with E-state index >= 15 is 0 Å². The largest absolute Gasteiger partial charge is 0.493 e. The fraction of sp³-hybridized carbons (Fsp3) is 0.400. The first-order chi connectivity index (χ1) is 15.4. The third-order valence-corrected chi connectivity index (χ3v) is 5.99. The van der Waals surface area contributed by atoms with Crippen LogP contribution >= 0.6 is 0 Å². The Bertz CT molecular complexity index is 1060. The van der Waals surface area contributed by atoms with Gasteiger partial charge >= 0.3 is 11.9 Å². The molecule has 0 spiro atoms. The predicted molar refractivity (Wildman–Crippen MR) is 119 cm³/mol. The number of hydrogen-bond donors (Lipinski definition) is 0. The van der Waals surface area contributed by atoms with Crippen molar-refractivity contribution in [1.82, 2.24) is 0 Å². The Morgan fingerprint density at radius 3 is 2.25 bits per heavy atom. The summed E-state index contributed by atoms with van der Waals surface area (Å²) in [7, 11) is 3.23. The molecule has 1 heterocycles. The summed E-state index contributed by atoms with van der Waals surface area (Å²) < 4.78 is 21.8. The molecule has 4 rings (SSSR count). The second-order valence-corrected chi connectivity index (χ2v) is 8.11. The van der Waals surface area contributed by atoms with Crippen molar-refractivity contribution in [2.75, 3.05) is 14.2 Å². The summed E-state index contributed by atoms with van der Waals surface area (Å²) in [5, 5.41) is 0. The molecule has 7 nitrogen and oxygen atoms in total. The van der Waals surface area contributed by atoms with Gasteiger partial charge in [0.2, 0.25) is 0 Å². The number of hydrogen-bond acceptors (Lipinski definition) is 7. The van der Waals surface area contributed by atoms with Crippen LogP contribution in [0.5, 0.6) is 17.2 Å². The second-order valence-electron chi connectivity index (χ2n) is 8.11. The van der Waals surface area contributed by atoms with E-state index in [1.165, 1.54) is 13.8 Å². The van der Waals surface area contributed by atoms with Crippen molar-refractivity contribution in [1.29, 1.82) is 0 Å². The van der Waals surface area contributed by atoms with E-state index in [1.807, 2.05) is 24.3 Å². The van der Waals surface area contributed by atoms with Crippen molar-refractivity contribution in [3.05, 3.63) is 53.1 Å². The topological polar surface area (TPSA) is 83.4 Å². The lowest BCUT2D eigenvalue weighted by molar-refractivity contribution is -0.148. The van der Waals surface area contributed by atoms with Crippen molar-refractivity contribution in [3.63, 3.8) is 0 Å². The van der Waals surface area contributed by atoms with Gasteiger partial charge in [-0.2, -0.15) is 0 Å². The molecule has 7 heteroatoms. The molecule has 2 aromatic rings. The number of carbonyl (C=O) groups is 2. The fourth-order valence-corrected chi connectivity index (χ4v) is 4.67. The molecule has 0 bridgehead atoms. The Morgan fingerprint density at radius 1 is 0.938 bits per heavy atom. The monoisotopic (exact) mass is 437 g/mol. The second kappa shape index (κ2) is 9.02. The number of rotatable bonds is 5. The van der Waals surface area contributed by atoms with Crippen LogP contribution in [0.4, 0.5) is 0 Å². The molecular weight excluding hydrogens is 410 g/mol. The van der Waals surface area contributed by atoms with E-state index in [4.69, 9.17) is 23.9 Å². The summed E-state index contributed by atoms with van der Waals surface area (Å²) in [5.41, 5.74) is 3.86. The zero-order valence-corrected chi connectivity index (χ0v) is 18.7. The average Bonchev–Trinajstić information content (AvgIpc) is 2.77. The van der Waals surface area contributed by atoms with Crippen LogP contribution in [0, 0.1) is 0 Å². The minimum absolute atomic E-state index is 0.0792. The number of methoxy groups -OCH3 is 2. The highest BCUT2D eigenvalue weighted by Crippen LogP contribution is 2.45. The maximum atomic E-state index is 11.5. The van der Waals surface area contributed by atoms with E-state index in [9.17, 15) is 9.59 Å². The summed E-state index contributed by atoms with van der Waals surface area (Å²) in [6.45, 7) is 2.83. The van der Waals surface area contributed by atoms with Gasteiger partial charge in [0.1, 0.15) is 11.9 Å². The van der Waals surface area contributed by atoms with Crippen molar-refractivity contribution in [3.8, 4) is 17.2 Å². The molecule has 32 heavy (non-hydrogen) atoms. The zero-order chi connectivity index (χ0) is 22.8. The smallest absolute Gasteiger partial charge is 0.308 e. The molecule has 3 unspecified atom stereocenters. The lowest BCUT2D eigenvalue weighted by Gasteiger charge is -2.38. The van der Waals surface area contributed by atoms with Crippen LogP contribution in [-0.4, -0.2) is 44.0 Å². The van der Waals surface area contributed by atoms with Crippen molar-refractivity contribution in [2.45, 2.75) is 51.2 Å². The van der Waals surface area contributed by atoms with Crippen LogP contribution in [0.15, 0.2) is 41.4 Å².